The summed E-state index contributed by atoms with van der Waals surface area (Å²) in [5, 5.41) is 12.1. The third kappa shape index (κ3) is 3.72. The third-order valence-electron chi connectivity index (χ3n) is 3.27. The van der Waals surface area contributed by atoms with E-state index >= 15 is 0 Å². The molecule has 0 amide bonds. The summed E-state index contributed by atoms with van der Waals surface area (Å²) in [5.74, 6) is 1.44. The predicted octanol–water partition coefficient (Wildman–Crippen LogP) is 4.54. The summed E-state index contributed by atoms with van der Waals surface area (Å²) in [4.78, 5) is 0. The second-order valence-electron chi connectivity index (χ2n) is 4.92. The minimum atomic E-state index is 0.420. The zero-order valence-electron chi connectivity index (χ0n) is 12.9. The summed E-state index contributed by atoms with van der Waals surface area (Å²) in [6, 6.07) is 15.0. The monoisotopic (exact) mass is 358 g/mol. The van der Waals surface area contributed by atoms with Crippen molar-refractivity contribution in [3.63, 3.8) is 0 Å². The zero-order valence-corrected chi connectivity index (χ0v) is 14.5. The van der Waals surface area contributed by atoms with Gasteiger partial charge in [0.2, 0.25) is 4.77 Å². The lowest BCUT2D eigenvalue weighted by Crippen LogP contribution is -1.96. The molecule has 0 saturated carbocycles. The first kappa shape index (κ1) is 16.4. The summed E-state index contributed by atoms with van der Waals surface area (Å²) in [6.45, 7) is 2.58. The largest absolute Gasteiger partial charge is 0.494 e. The van der Waals surface area contributed by atoms with Gasteiger partial charge in [0.05, 0.1) is 12.8 Å². The van der Waals surface area contributed by atoms with E-state index in [9.17, 15) is 0 Å². The molecule has 122 valence electrons. The van der Waals surface area contributed by atoms with Crippen molar-refractivity contribution < 1.29 is 4.74 Å². The average Bonchev–Trinajstić information content (AvgIpc) is 2.96. The molecule has 0 atom stereocenters. The van der Waals surface area contributed by atoms with Gasteiger partial charge in [0, 0.05) is 10.6 Å². The molecular formula is C17H15ClN4OS. The van der Waals surface area contributed by atoms with Gasteiger partial charge in [-0.15, -0.1) is 0 Å². The van der Waals surface area contributed by atoms with Gasteiger partial charge >= 0.3 is 0 Å². The fraction of sp³-hybridized carbons (Fsp3) is 0.118. The smallest absolute Gasteiger partial charge is 0.216 e. The number of aromatic amines is 1. The van der Waals surface area contributed by atoms with Gasteiger partial charge in [-0.05, 0) is 61.1 Å². The number of rotatable bonds is 5. The van der Waals surface area contributed by atoms with Crippen LogP contribution in [0.4, 0.5) is 0 Å². The number of halogens is 1. The Morgan fingerprint density at radius 3 is 2.58 bits per heavy atom. The van der Waals surface area contributed by atoms with Crippen molar-refractivity contribution in [2.24, 2.45) is 5.10 Å². The van der Waals surface area contributed by atoms with E-state index in [1.165, 1.54) is 0 Å². The number of H-pyrrole nitrogens is 1. The van der Waals surface area contributed by atoms with Crippen molar-refractivity contribution >= 4 is 30.0 Å². The highest BCUT2D eigenvalue weighted by atomic mass is 35.5. The number of nitrogens with one attached hydrogen (secondary N) is 1. The van der Waals surface area contributed by atoms with E-state index in [0.29, 0.717) is 22.2 Å². The Labute approximate surface area is 149 Å². The van der Waals surface area contributed by atoms with Crippen LogP contribution in [0.15, 0.2) is 53.6 Å². The van der Waals surface area contributed by atoms with Crippen LogP contribution in [-0.2, 0) is 0 Å². The van der Waals surface area contributed by atoms with Crippen LogP contribution < -0.4 is 4.74 Å². The minimum absolute atomic E-state index is 0.420. The fourth-order valence-corrected chi connectivity index (χ4v) is 2.43. The first-order valence-corrected chi connectivity index (χ1v) is 8.16. The van der Waals surface area contributed by atoms with E-state index in [1.54, 1.807) is 10.9 Å². The lowest BCUT2D eigenvalue weighted by molar-refractivity contribution is 0.340. The molecule has 1 N–H and O–H groups in total. The molecule has 0 aliphatic rings. The summed E-state index contributed by atoms with van der Waals surface area (Å²) in [5.41, 5.74) is 1.80. The quantitative estimate of drug-likeness (QED) is 0.538. The van der Waals surface area contributed by atoms with Crippen LogP contribution >= 0.6 is 23.8 Å². The van der Waals surface area contributed by atoms with Crippen LogP contribution in [0.3, 0.4) is 0 Å². The van der Waals surface area contributed by atoms with Crippen molar-refractivity contribution in [3.8, 4) is 17.1 Å². The molecule has 0 aliphatic heterocycles. The number of nitrogens with zero attached hydrogens (tertiary/aromatic N) is 3. The highest BCUT2D eigenvalue weighted by Gasteiger charge is 2.08. The molecule has 1 aromatic heterocycles. The van der Waals surface area contributed by atoms with Crippen LogP contribution in [0, 0.1) is 4.77 Å². The molecule has 1 heterocycles. The zero-order chi connectivity index (χ0) is 16.9. The molecule has 0 fully saturated rings. The maximum absolute atomic E-state index is 5.89. The number of benzene rings is 2. The number of hydrogen-bond donors (Lipinski definition) is 1. The Bertz CT molecular complexity index is 898. The van der Waals surface area contributed by atoms with Crippen LogP contribution in [-0.4, -0.2) is 27.7 Å². The van der Waals surface area contributed by atoms with Crippen LogP contribution in [0.5, 0.6) is 5.75 Å². The predicted molar refractivity (Wildman–Crippen MR) is 98.5 cm³/mol. The Balaban J connectivity index is 1.91. The molecule has 0 bridgehead atoms. The van der Waals surface area contributed by atoms with E-state index in [4.69, 9.17) is 28.6 Å². The molecule has 0 aliphatic carbocycles. The van der Waals surface area contributed by atoms with Gasteiger partial charge in [-0.2, -0.15) is 14.9 Å². The van der Waals surface area contributed by atoms with Crippen molar-refractivity contribution in [1.82, 2.24) is 14.9 Å². The highest BCUT2D eigenvalue weighted by molar-refractivity contribution is 7.71. The molecular weight excluding hydrogens is 344 g/mol. The van der Waals surface area contributed by atoms with Gasteiger partial charge in [-0.3, -0.25) is 0 Å². The molecule has 0 saturated heterocycles. The molecule has 5 nitrogen and oxygen atoms in total. The molecule has 24 heavy (non-hydrogen) atoms. The topological polar surface area (TPSA) is 55.2 Å². The highest BCUT2D eigenvalue weighted by Crippen LogP contribution is 2.21. The van der Waals surface area contributed by atoms with Gasteiger partial charge in [-0.25, -0.2) is 5.10 Å². The van der Waals surface area contributed by atoms with E-state index < -0.39 is 0 Å². The third-order valence-corrected chi connectivity index (χ3v) is 3.78. The summed E-state index contributed by atoms with van der Waals surface area (Å²) >= 11 is 11.1. The van der Waals surface area contributed by atoms with Crippen LogP contribution in [0.25, 0.3) is 11.4 Å². The Kier molecular flexibility index (Phi) is 5.08. The normalized spacial score (nSPS) is 11.1. The van der Waals surface area contributed by atoms with Crippen molar-refractivity contribution in [2.45, 2.75) is 6.92 Å². The van der Waals surface area contributed by atoms with Gasteiger partial charge in [0.15, 0.2) is 5.82 Å². The molecule has 2 aromatic carbocycles. The Hall–Kier alpha value is -2.44. The van der Waals surface area contributed by atoms with Gasteiger partial charge < -0.3 is 4.74 Å². The minimum Gasteiger partial charge on any atom is -0.494 e. The first-order valence-electron chi connectivity index (χ1n) is 7.38. The molecule has 3 rings (SSSR count). The van der Waals surface area contributed by atoms with Gasteiger partial charge in [0.25, 0.3) is 0 Å². The van der Waals surface area contributed by atoms with Crippen LogP contribution in [0.1, 0.15) is 12.5 Å². The van der Waals surface area contributed by atoms with E-state index in [2.05, 4.69) is 15.3 Å². The Morgan fingerprint density at radius 1 is 1.21 bits per heavy atom. The SMILES string of the molecule is CCOc1ccc(-c2n[nH]c(=S)n2/N=C\c2ccc(Cl)cc2)cc1. The van der Waals surface area contributed by atoms with Gasteiger partial charge in [-0.1, -0.05) is 23.7 Å². The lowest BCUT2D eigenvalue weighted by atomic mass is 10.2. The molecule has 3 aromatic rings. The van der Waals surface area contributed by atoms with E-state index in [0.717, 1.165) is 16.9 Å². The maximum Gasteiger partial charge on any atom is 0.216 e. The molecule has 0 spiro atoms. The van der Waals surface area contributed by atoms with Crippen LogP contribution in [0.2, 0.25) is 5.02 Å². The number of hydrogen-bond acceptors (Lipinski definition) is 4. The second kappa shape index (κ2) is 7.42. The first-order chi connectivity index (χ1) is 11.7. The maximum atomic E-state index is 5.89. The molecule has 0 unspecified atom stereocenters. The molecule has 0 radical (unpaired) electrons. The summed E-state index contributed by atoms with van der Waals surface area (Å²) in [7, 11) is 0. The lowest BCUT2D eigenvalue weighted by Gasteiger charge is -2.04. The van der Waals surface area contributed by atoms with Crippen molar-refractivity contribution in [2.75, 3.05) is 6.61 Å². The summed E-state index contributed by atoms with van der Waals surface area (Å²) in [6.07, 6.45) is 1.71. The van der Waals surface area contributed by atoms with Crippen molar-refractivity contribution in [3.05, 3.63) is 63.9 Å². The van der Waals surface area contributed by atoms with Crippen molar-refractivity contribution in [1.29, 1.82) is 0 Å². The Morgan fingerprint density at radius 2 is 1.92 bits per heavy atom. The standard InChI is InChI=1S/C17H15ClN4OS/c1-2-23-15-9-5-13(6-10-15)16-20-21-17(24)22(16)19-11-12-3-7-14(18)8-4-12/h3-11H,2H2,1H3,(H,21,24)/b19-11-. The second-order valence-corrected chi connectivity index (χ2v) is 5.74. The number of aromatic nitrogens is 3. The summed E-state index contributed by atoms with van der Waals surface area (Å²) < 4.78 is 7.45. The molecule has 7 heteroatoms. The van der Waals surface area contributed by atoms with E-state index in [1.807, 2.05) is 55.5 Å². The van der Waals surface area contributed by atoms with E-state index in [-0.39, 0.29) is 0 Å². The van der Waals surface area contributed by atoms with Gasteiger partial charge in [0.1, 0.15) is 5.75 Å². The number of ether oxygens (including phenoxy) is 1. The average molecular weight is 359 g/mol. The fourth-order valence-electron chi connectivity index (χ4n) is 2.13.